The first-order valence-corrected chi connectivity index (χ1v) is 5.98. The summed E-state index contributed by atoms with van der Waals surface area (Å²) >= 11 is 5.63. The number of alkyl halides is 3. The Morgan fingerprint density at radius 1 is 1.37 bits per heavy atom. The topological polar surface area (TPSA) is 20.3 Å². The summed E-state index contributed by atoms with van der Waals surface area (Å²) in [6, 6.07) is 2.78. The summed E-state index contributed by atoms with van der Waals surface area (Å²) in [5.74, 6) is -1.85. The molecule has 7 heteroatoms. The molecule has 0 atom stereocenters. The molecule has 0 aromatic heterocycles. The van der Waals surface area contributed by atoms with Gasteiger partial charge in [-0.2, -0.15) is 13.2 Å². The summed E-state index contributed by atoms with van der Waals surface area (Å²) < 4.78 is 50.8. The molecule has 0 radical (unpaired) electrons. The maximum Gasteiger partial charge on any atom is 0.406 e. The Kier molecular flexibility index (Phi) is 3.71. The molecule has 1 amide bonds. The van der Waals surface area contributed by atoms with Gasteiger partial charge in [0, 0.05) is 11.1 Å². The molecule has 0 unspecified atom stereocenters. The number of carbonyl (C=O) groups is 1. The Bertz CT molecular complexity index is 499. The van der Waals surface area contributed by atoms with E-state index in [1.807, 2.05) is 0 Å². The second-order valence-electron chi connectivity index (χ2n) is 4.40. The number of carbonyl (C=O) groups excluding carboxylic acids is 1. The van der Waals surface area contributed by atoms with Gasteiger partial charge < -0.3 is 4.90 Å². The average Bonchev–Trinajstić information content (AvgIpc) is 3.11. The van der Waals surface area contributed by atoms with E-state index >= 15 is 0 Å². The average molecular weight is 296 g/mol. The lowest BCUT2D eigenvalue weighted by molar-refractivity contribution is -0.141. The van der Waals surface area contributed by atoms with E-state index in [0.29, 0.717) is 17.7 Å². The van der Waals surface area contributed by atoms with Crippen molar-refractivity contribution in [3.63, 3.8) is 0 Å². The molecular weight excluding hydrogens is 286 g/mol. The number of amides is 1. The summed E-state index contributed by atoms with van der Waals surface area (Å²) in [5.41, 5.74) is -0.427. The number of benzene rings is 1. The molecule has 2 nitrogen and oxygen atoms in total. The van der Waals surface area contributed by atoms with E-state index in [-0.39, 0.29) is 5.02 Å². The van der Waals surface area contributed by atoms with Crippen molar-refractivity contribution in [2.24, 2.45) is 0 Å². The Labute approximate surface area is 112 Å². The van der Waals surface area contributed by atoms with Crippen molar-refractivity contribution in [2.75, 3.05) is 6.54 Å². The van der Waals surface area contributed by atoms with Crippen LogP contribution in [0.5, 0.6) is 0 Å². The van der Waals surface area contributed by atoms with E-state index < -0.39 is 36.1 Å². The van der Waals surface area contributed by atoms with Crippen LogP contribution in [0.4, 0.5) is 17.6 Å². The van der Waals surface area contributed by atoms with Crippen LogP contribution >= 0.6 is 11.6 Å². The highest BCUT2D eigenvalue weighted by atomic mass is 35.5. The quantitative estimate of drug-likeness (QED) is 0.780. The van der Waals surface area contributed by atoms with Gasteiger partial charge in [-0.15, -0.1) is 0 Å². The van der Waals surface area contributed by atoms with Crippen molar-refractivity contribution >= 4 is 17.5 Å². The third kappa shape index (κ3) is 3.59. The predicted octanol–water partition coefficient (Wildman–Crippen LogP) is 3.65. The second kappa shape index (κ2) is 5.00. The minimum absolute atomic E-state index is 0.104. The van der Waals surface area contributed by atoms with Gasteiger partial charge in [-0.1, -0.05) is 11.6 Å². The molecule has 1 saturated carbocycles. The molecule has 1 fully saturated rings. The van der Waals surface area contributed by atoms with Crippen LogP contribution in [0.2, 0.25) is 5.02 Å². The largest absolute Gasteiger partial charge is 0.406 e. The zero-order valence-corrected chi connectivity index (χ0v) is 10.4. The molecule has 104 valence electrons. The monoisotopic (exact) mass is 295 g/mol. The molecule has 0 N–H and O–H groups in total. The Morgan fingerprint density at radius 2 is 2.00 bits per heavy atom. The molecule has 1 aromatic rings. The van der Waals surface area contributed by atoms with Crippen LogP contribution in [0.15, 0.2) is 18.2 Å². The lowest BCUT2D eigenvalue weighted by atomic mass is 10.2. The van der Waals surface area contributed by atoms with Crippen molar-refractivity contribution in [1.29, 1.82) is 0 Å². The minimum Gasteiger partial charge on any atom is -0.326 e. The molecule has 0 heterocycles. The summed E-state index contributed by atoms with van der Waals surface area (Å²) in [6.07, 6.45) is -3.50. The Balaban J connectivity index is 2.26. The van der Waals surface area contributed by atoms with E-state index in [4.69, 9.17) is 11.6 Å². The first-order chi connectivity index (χ1) is 8.78. The first-order valence-electron chi connectivity index (χ1n) is 5.61. The molecule has 0 aliphatic heterocycles. The fraction of sp³-hybridized carbons (Fsp3) is 0.417. The van der Waals surface area contributed by atoms with Crippen LogP contribution < -0.4 is 0 Å². The van der Waals surface area contributed by atoms with Crippen LogP contribution in [0, 0.1) is 5.82 Å². The number of nitrogens with zero attached hydrogens (tertiary/aromatic N) is 1. The van der Waals surface area contributed by atoms with Gasteiger partial charge >= 0.3 is 6.18 Å². The van der Waals surface area contributed by atoms with Crippen LogP contribution in [0.25, 0.3) is 0 Å². The van der Waals surface area contributed by atoms with E-state index in [0.717, 1.165) is 12.1 Å². The van der Waals surface area contributed by atoms with Crippen molar-refractivity contribution in [3.8, 4) is 0 Å². The maximum atomic E-state index is 13.5. The van der Waals surface area contributed by atoms with Gasteiger partial charge in [-0.05, 0) is 31.0 Å². The van der Waals surface area contributed by atoms with Crippen LogP contribution in [0.3, 0.4) is 0 Å². The normalized spacial score (nSPS) is 15.4. The van der Waals surface area contributed by atoms with Crippen molar-refractivity contribution in [3.05, 3.63) is 34.6 Å². The smallest absolute Gasteiger partial charge is 0.326 e. The molecule has 1 aromatic carbocycles. The van der Waals surface area contributed by atoms with Gasteiger partial charge in [0.2, 0.25) is 0 Å². The minimum atomic E-state index is -4.51. The third-order valence-corrected chi connectivity index (χ3v) is 2.99. The van der Waals surface area contributed by atoms with Gasteiger partial charge in [-0.25, -0.2) is 4.39 Å². The SMILES string of the molecule is O=C(c1cc(Cl)ccc1F)N(CC(F)(F)F)C1CC1. The fourth-order valence-electron chi connectivity index (χ4n) is 1.76. The van der Waals surface area contributed by atoms with E-state index in [1.165, 1.54) is 6.07 Å². The van der Waals surface area contributed by atoms with Gasteiger partial charge in [0.05, 0.1) is 5.56 Å². The van der Waals surface area contributed by atoms with Crippen molar-refractivity contribution in [2.45, 2.75) is 25.1 Å². The van der Waals surface area contributed by atoms with Crippen LogP contribution in [-0.2, 0) is 0 Å². The highest BCUT2D eigenvalue weighted by Gasteiger charge is 2.41. The van der Waals surface area contributed by atoms with E-state index in [9.17, 15) is 22.4 Å². The maximum absolute atomic E-state index is 13.5. The fourth-order valence-corrected chi connectivity index (χ4v) is 1.93. The number of halogens is 5. The standard InChI is InChI=1S/C12H10ClF4NO/c13-7-1-4-10(14)9(5-7)11(19)18(8-2-3-8)6-12(15,16)17/h1,4-5,8H,2-3,6H2. The summed E-state index contributed by atoms with van der Waals surface area (Å²) in [5, 5.41) is 0.104. The van der Waals surface area contributed by atoms with Gasteiger partial charge in [-0.3, -0.25) is 4.79 Å². The Hall–Kier alpha value is -1.30. The van der Waals surface area contributed by atoms with Gasteiger partial charge in [0.15, 0.2) is 0 Å². The molecule has 0 bridgehead atoms. The van der Waals surface area contributed by atoms with Gasteiger partial charge in [0.1, 0.15) is 12.4 Å². The lowest BCUT2D eigenvalue weighted by Gasteiger charge is -2.24. The number of hydrogen-bond acceptors (Lipinski definition) is 1. The highest BCUT2D eigenvalue weighted by molar-refractivity contribution is 6.31. The number of hydrogen-bond donors (Lipinski definition) is 0. The van der Waals surface area contributed by atoms with Gasteiger partial charge in [0.25, 0.3) is 5.91 Å². The molecule has 19 heavy (non-hydrogen) atoms. The summed E-state index contributed by atoms with van der Waals surface area (Å²) in [6.45, 7) is -1.37. The van der Waals surface area contributed by atoms with E-state index in [1.54, 1.807) is 0 Å². The molecular formula is C12H10ClF4NO. The van der Waals surface area contributed by atoms with Crippen LogP contribution in [-0.4, -0.2) is 29.6 Å². The molecule has 1 aliphatic carbocycles. The predicted molar refractivity (Wildman–Crippen MR) is 61.5 cm³/mol. The summed E-state index contributed by atoms with van der Waals surface area (Å²) in [4.78, 5) is 12.7. The zero-order valence-electron chi connectivity index (χ0n) is 9.68. The molecule has 1 aliphatic rings. The zero-order chi connectivity index (χ0) is 14.2. The summed E-state index contributed by atoms with van der Waals surface area (Å²) in [7, 11) is 0. The molecule has 2 rings (SSSR count). The number of rotatable bonds is 3. The lowest BCUT2D eigenvalue weighted by Crippen LogP contribution is -2.40. The highest BCUT2D eigenvalue weighted by Crippen LogP contribution is 2.32. The third-order valence-electron chi connectivity index (χ3n) is 2.76. The van der Waals surface area contributed by atoms with E-state index in [2.05, 4.69) is 0 Å². The first kappa shape index (κ1) is 14.1. The molecule has 0 saturated heterocycles. The molecule has 0 spiro atoms. The van der Waals surface area contributed by atoms with Crippen molar-refractivity contribution < 1.29 is 22.4 Å². The van der Waals surface area contributed by atoms with Crippen LogP contribution in [0.1, 0.15) is 23.2 Å². The Morgan fingerprint density at radius 3 is 2.53 bits per heavy atom. The van der Waals surface area contributed by atoms with Crippen molar-refractivity contribution in [1.82, 2.24) is 4.90 Å². The second-order valence-corrected chi connectivity index (χ2v) is 4.84.